The van der Waals surface area contributed by atoms with Crippen molar-refractivity contribution in [2.45, 2.75) is 38.6 Å². The minimum absolute atomic E-state index is 0.111. The Morgan fingerprint density at radius 2 is 1.96 bits per heavy atom. The number of benzene rings is 1. The lowest BCUT2D eigenvalue weighted by atomic mass is 9.62. The minimum atomic E-state index is -1.44. The van der Waals surface area contributed by atoms with Crippen LogP contribution < -0.4 is 0 Å². The van der Waals surface area contributed by atoms with Crippen LogP contribution in [0.15, 0.2) is 24.3 Å². The van der Waals surface area contributed by atoms with Crippen molar-refractivity contribution in [2.75, 3.05) is 7.05 Å². The van der Waals surface area contributed by atoms with Crippen molar-refractivity contribution in [3.63, 3.8) is 0 Å². The summed E-state index contributed by atoms with van der Waals surface area (Å²) < 4.78 is 6.16. The summed E-state index contributed by atoms with van der Waals surface area (Å²) in [4.78, 5) is 26.5. The van der Waals surface area contributed by atoms with Gasteiger partial charge in [-0.2, -0.15) is 0 Å². The van der Waals surface area contributed by atoms with E-state index in [0.29, 0.717) is 12.8 Å². The third-order valence-corrected chi connectivity index (χ3v) is 6.55. The predicted octanol–water partition coefficient (Wildman–Crippen LogP) is 2.07. The molecule has 0 radical (unpaired) electrons. The van der Waals surface area contributed by atoms with E-state index in [1.165, 1.54) is 11.9 Å². The van der Waals surface area contributed by atoms with Crippen LogP contribution in [0.2, 0.25) is 0 Å². The van der Waals surface area contributed by atoms with Gasteiger partial charge < -0.3 is 14.9 Å². The predicted molar refractivity (Wildman–Crippen MR) is 92.7 cm³/mol. The van der Waals surface area contributed by atoms with Gasteiger partial charge in [0.05, 0.1) is 17.9 Å². The first-order chi connectivity index (χ1) is 12.2. The average Bonchev–Trinajstić information content (AvgIpc) is 3.05. The monoisotopic (exact) mass is 359 g/mol. The van der Waals surface area contributed by atoms with Gasteiger partial charge in [-0.25, -0.2) is 0 Å². The second kappa shape index (κ2) is 5.79. The first-order valence-corrected chi connectivity index (χ1v) is 9.24. The lowest BCUT2D eigenvalue weighted by Gasteiger charge is -2.46. The van der Waals surface area contributed by atoms with Crippen molar-refractivity contribution in [3.05, 3.63) is 29.8 Å². The van der Waals surface area contributed by atoms with Gasteiger partial charge in [-0.05, 0) is 36.5 Å². The molecule has 0 unspecified atom stereocenters. The van der Waals surface area contributed by atoms with Gasteiger partial charge in [0, 0.05) is 18.9 Å². The SMILES string of the molecule is CC(C)[C@H]1C[C@@H]2C(=O)N(C)C(=O)[C@@H]2[C@@H]2C[C@@H](c3cccc(O)c3)O[C@]12O. The molecule has 2 saturated heterocycles. The Balaban J connectivity index is 1.75. The Labute approximate surface area is 152 Å². The lowest BCUT2D eigenvalue weighted by molar-refractivity contribution is -0.276. The molecule has 2 N–H and O–H groups in total. The summed E-state index contributed by atoms with van der Waals surface area (Å²) in [5.74, 6) is -3.11. The highest BCUT2D eigenvalue weighted by Gasteiger charge is 2.66. The van der Waals surface area contributed by atoms with E-state index < -0.39 is 23.7 Å². The number of hydrogen-bond donors (Lipinski definition) is 2. The Morgan fingerprint density at radius 1 is 1.23 bits per heavy atom. The van der Waals surface area contributed by atoms with E-state index in [0.717, 1.165) is 5.56 Å². The molecule has 3 aliphatic rings. The van der Waals surface area contributed by atoms with E-state index in [1.807, 2.05) is 19.9 Å². The number of fused-ring (bicyclic) bond motifs is 3. The van der Waals surface area contributed by atoms with Crippen molar-refractivity contribution in [2.24, 2.45) is 29.6 Å². The van der Waals surface area contributed by atoms with Crippen molar-refractivity contribution in [1.82, 2.24) is 4.90 Å². The van der Waals surface area contributed by atoms with E-state index in [-0.39, 0.29) is 35.3 Å². The summed E-state index contributed by atoms with van der Waals surface area (Å²) >= 11 is 0. The van der Waals surface area contributed by atoms with Crippen LogP contribution in [0.25, 0.3) is 0 Å². The van der Waals surface area contributed by atoms with Gasteiger partial charge in [-0.3, -0.25) is 14.5 Å². The summed E-state index contributed by atoms with van der Waals surface area (Å²) in [5.41, 5.74) is 0.775. The number of amides is 2. The number of rotatable bonds is 2. The number of phenols is 1. The molecule has 26 heavy (non-hydrogen) atoms. The van der Waals surface area contributed by atoms with E-state index in [1.54, 1.807) is 18.2 Å². The van der Waals surface area contributed by atoms with Crippen LogP contribution in [0.5, 0.6) is 5.75 Å². The molecule has 1 aliphatic carbocycles. The highest BCUT2D eigenvalue weighted by Crippen LogP contribution is 2.59. The molecule has 3 fully saturated rings. The summed E-state index contributed by atoms with van der Waals surface area (Å²) in [5, 5.41) is 21.3. The number of carbonyl (C=O) groups is 2. The van der Waals surface area contributed by atoms with Gasteiger partial charge in [0.1, 0.15) is 5.75 Å². The van der Waals surface area contributed by atoms with Crippen molar-refractivity contribution >= 4 is 11.8 Å². The quantitative estimate of drug-likeness (QED) is 0.790. The van der Waals surface area contributed by atoms with E-state index in [2.05, 4.69) is 0 Å². The zero-order chi connectivity index (χ0) is 18.8. The topological polar surface area (TPSA) is 87.1 Å². The van der Waals surface area contributed by atoms with E-state index in [9.17, 15) is 19.8 Å². The Morgan fingerprint density at radius 3 is 2.62 bits per heavy atom. The number of phenolic OH excluding ortho intramolecular Hbond substituents is 1. The molecule has 1 aromatic carbocycles. The lowest BCUT2D eigenvalue weighted by Crippen LogP contribution is -2.55. The molecule has 6 atom stereocenters. The van der Waals surface area contributed by atoms with Gasteiger partial charge in [0.15, 0.2) is 5.79 Å². The van der Waals surface area contributed by atoms with Crippen LogP contribution in [0.4, 0.5) is 0 Å². The van der Waals surface area contributed by atoms with Gasteiger partial charge in [0.2, 0.25) is 11.8 Å². The molecule has 0 bridgehead atoms. The first kappa shape index (κ1) is 17.5. The minimum Gasteiger partial charge on any atom is -0.508 e. The van der Waals surface area contributed by atoms with Crippen LogP contribution in [-0.4, -0.2) is 39.8 Å². The average molecular weight is 359 g/mol. The molecule has 1 aromatic rings. The highest BCUT2D eigenvalue weighted by atomic mass is 16.6. The fraction of sp³-hybridized carbons (Fsp3) is 0.600. The van der Waals surface area contributed by atoms with Gasteiger partial charge in [0.25, 0.3) is 0 Å². The fourth-order valence-electron chi connectivity index (χ4n) is 5.26. The summed E-state index contributed by atoms with van der Waals surface area (Å²) in [6, 6.07) is 6.80. The normalized spacial score (nSPS) is 39.4. The number of aliphatic hydroxyl groups is 1. The van der Waals surface area contributed by atoms with Crippen molar-refractivity contribution in [3.8, 4) is 5.75 Å². The Bertz CT molecular complexity index is 762. The maximum absolute atomic E-state index is 12.7. The summed E-state index contributed by atoms with van der Waals surface area (Å²) in [6.45, 7) is 4.02. The summed E-state index contributed by atoms with van der Waals surface area (Å²) in [7, 11) is 1.52. The molecule has 2 heterocycles. The van der Waals surface area contributed by atoms with E-state index in [4.69, 9.17) is 4.74 Å². The third-order valence-electron chi connectivity index (χ3n) is 6.55. The van der Waals surface area contributed by atoms with E-state index >= 15 is 0 Å². The number of hydrogen-bond acceptors (Lipinski definition) is 5. The van der Waals surface area contributed by atoms with Gasteiger partial charge in [-0.15, -0.1) is 0 Å². The van der Waals surface area contributed by atoms with Gasteiger partial charge >= 0.3 is 0 Å². The Kier molecular flexibility index (Phi) is 3.90. The molecule has 6 heteroatoms. The first-order valence-electron chi connectivity index (χ1n) is 9.24. The second-order valence-electron chi connectivity index (χ2n) is 8.25. The number of imide groups is 1. The largest absolute Gasteiger partial charge is 0.508 e. The zero-order valence-electron chi connectivity index (χ0n) is 15.3. The van der Waals surface area contributed by atoms with Gasteiger partial charge in [-0.1, -0.05) is 26.0 Å². The number of carbonyl (C=O) groups excluding carboxylic acids is 2. The van der Waals surface area contributed by atoms with Crippen LogP contribution in [0.3, 0.4) is 0 Å². The smallest absolute Gasteiger partial charge is 0.233 e. The van der Waals surface area contributed by atoms with Crippen LogP contribution in [0, 0.1) is 29.6 Å². The third kappa shape index (κ3) is 2.32. The van der Waals surface area contributed by atoms with Crippen molar-refractivity contribution < 1.29 is 24.5 Å². The van der Waals surface area contributed by atoms with Crippen LogP contribution >= 0.6 is 0 Å². The van der Waals surface area contributed by atoms with Crippen LogP contribution in [0.1, 0.15) is 38.4 Å². The molecule has 0 spiro atoms. The van der Waals surface area contributed by atoms with Crippen molar-refractivity contribution in [1.29, 1.82) is 0 Å². The Hall–Kier alpha value is -1.92. The maximum Gasteiger partial charge on any atom is 0.233 e. The molecule has 2 aliphatic heterocycles. The highest BCUT2D eigenvalue weighted by molar-refractivity contribution is 6.05. The van der Waals surface area contributed by atoms with Crippen LogP contribution in [-0.2, 0) is 14.3 Å². The number of ether oxygens (including phenoxy) is 1. The number of aromatic hydroxyl groups is 1. The molecule has 140 valence electrons. The molecule has 1 saturated carbocycles. The standard InChI is InChI=1S/C20H25NO5/c1-10(2)14-8-13-17(19(24)21(3)18(13)23)15-9-16(26-20(14,15)25)11-5-4-6-12(22)7-11/h4-7,10,13-17,22,25H,8-9H2,1-3H3/t13-,14+,15-,16-,17-,20+/m0/s1. The zero-order valence-corrected chi connectivity index (χ0v) is 15.3. The molecule has 2 amide bonds. The molecular formula is C20H25NO5. The maximum atomic E-state index is 12.7. The fourth-order valence-corrected chi connectivity index (χ4v) is 5.26. The number of likely N-dealkylation sites (tertiary alicyclic amines) is 1. The molecular weight excluding hydrogens is 334 g/mol. The molecule has 4 rings (SSSR count). The molecule has 0 aromatic heterocycles. The number of nitrogens with zero attached hydrogens (tertiary/aromatic N) is 1. The summed E-state index contributed by atoms with van der Waals surface area (Å²) in [6.07, 6.45) is 0.500. The molecule has 6 nitrogen and oxygen atoms in total. The second-order valence-corrected chi connectivity index (χ2v) is 8.25.